The number of carbonyl (C=O) groups excluding carboxylic acids is 1. The second-order valence-electron chi connectivity index (χ2n) is 7.22. The van der Waals surface area contributed by atoms with Gasteiger partial charge in [-0.25, -0.2) is 4.79 Å². The average Bonchev–Trinajstić information content (AvgIpc) is 2.38. The number of hydrogen-bond acceptors (Lipinski definition) is 2. The summed E-state index contributed by atoms with van der Waals surface area (Å²) in [5.41, 5.74) is 3.01. The average molecular weight is 290 g/mol. The number of aliphatic hydroxyl groups is 1. The summed E-state index contributed by atoms with van der Waals surface area (Å²) in [4.78, 5) is 13.2. The Balaban J connectivity index is 2.15. The Hall–Kier alpha value is -1.55. The molecule has 0 aliphatic carbocycles. The molecule has 0 spiro atoms. The van der Waals surface area contributed by atoms with Crippen molar-refractivity contribution in [3.8, 4) is 0 Å². The Bertz CT molecular complexity index is 534. The summed E-state index contributed by atoms with van der Waals surface area (Å²) < 4.78 is 0. The third kappa shape index (κ3) is 3.56. The summed E-state index contributed by atoms with van der Waals surface area (Å²) in [6, 6.07) is 5.72. The Morgan fingerprint density at radius 1 is 1.38 bits per heavy atom. The number of amides is 2. The summed E-state index contributed by atoms with van der Waals surface area (Å²) in [5.74, 6) is 0.422. The van der Waals surface area contributed by atoms with Gasteiger partial charge in [-0.15, -0.1) is 0 Å². The third-order valence-corrected chi connectivity index (χ3v) is 4.57. The minimum absolute atomic E-state index is 0.0860. The molecular weight excluding hydrogens is 264 g/mol. The quantitative estimate of drug-likeness (QED) is 0.890. The van der Waals surface area contributed by atoms with Crippen LogP contribution in [-0.4, -0.2) is 23.1 Å². The lowest BCUT2D eigenvalue weighted by Crippen LogP contribution is -2.35. The van der Waals surface area contributed by atoms with Gasteiger partial charge < -0.3 is 15.3 Å². The molecule has 0 saturated heterocycles. The maximum absolute atomic E-state index is 11.6. The van der Waals surface area contributed by atoms with Crippen LogP contribution in [0.3, 0.4) is 0 Å². The van der Waals surface area contributed by atoms with E-state index in [9.17, 15) is 9.90 Å². The van der Waals surface area contributed by atoms with Crippen LogP contribution >= 0.6 is 0 Å². The highest BCUT2D eigenvalue weighted by Gasteiger charge is 2.25. The Labute approximate surface area is 127 Å². The molecule has 116 valence electrons. The number of hydrogen-bond donors (Lipinski definition) is 2. The fourth-order valence-electron chi connectivity index (χ4n) is 2.44. The first-order chi connectivity index (χ1) is 9.68. The van der Waals surface area contributed by atoms with E-state index < -0.39 is 6.10 Å². The molecule has 2 amide bonds. The molecule has 0 fully saturated rings. The van der Waals surface area contributed by atoms with Gasteiger partial charge in [0.15, 0.2) is 0 Å². The molecule has 1 aliphatic heterocycles. The van der Waals surface area contributed by atoms with E-state index in [4.69, 9.17) is 0 Å². The van der Waals surface area contributed by atoms with Crippen LogP contribution in [0.15, 0.2) is 18.2 Å². The van der Waals surface area contributed by atoms with E-state index in [1.165, 1.54) is 0 Å². The van der Waals surface area contributed by atoms with Crippen molar-refractivity contribution in [1.29, 1.82) is 0 Å². The Morgan fingerprint density at radius 2 is 2.05 bits per heavy atom. The van der Waals surface area contributed by atoms with Crippen LogP contribution in [0.5, 0.6) is 0 Å². The van der Waals surface area contributed by atoms with Gasteiger partial charge in [0.25, 0.3) is 0 Å². The first kappa shape index (κ1) is 15.8. The van der Waals surface area contributed by atoms with E-state index in [2.05, 4.69) is 33.0 Å². The highest BCUT2D eigenvalue weighted by molar-refractivity contribution is 5.92. The van der Waals surface area contributed by atoms with Gasteiger partial charge >= 0.3 is 6.03 Å². The predicted molar refractivity (Wildman–Crippen MR) is 85.1 cm³/mol. The molecule has 0 radical (unpaired) electrons. The van der Waals surface area contributed by atoms with Gasteiger partial charge in [0, 0.05) is 19.3 Å². The van der Waals surface area contributed by atoms with Gasteiger partial charge in [0.1, 0.15) is 0 Å². The van der Waals surface area contributed by atoms with E-state index >= 15 is 0 Å². The van der Waals surface area contributed by atoms with Gasteiger partial charge in [-0.3, -0.25) is 0 Å². The van der Waals surface area contributed by atoms with Crippen LogP contribution in [0.4, 0.5) is 10.5 Å². The van der Waals surface area contributed by atoms with Crippen LogP contribution in [0.25, 0.3) is 0 Å². The van der Waals surface area contributed by atoms with Gasteiger partial charge in [-0.2, -0.15) is 0 Å². The Morgan fingerprint density at radius 3 is 2.67 bits per heavy atom. The van der Waals surface area contributed by atoms with Crippen molar-refractivity contribution in [3.05, 3.63) is 29.3 Å². The number of carbonyl (C=O) groups is 1. The maximum atomic E-state index is 11.6. The summed E-state index contributed by atoms with van der Waals surface area (Å²) in [6.07, 6.45) is 0.275. The predicted octanol–water partition coefficient (Wildman–Crippen LogP) is 3.77. The van der Waals surface area contributed by atoms with Gasteiger partial charge in [-0.05, 0) is 41.0 Å². The number of nitrogens with zero attached hydrogens (tertiary/aromatic N) is 1. The summed E-state index contributed by atoms with van der Waals surface area (Å²) in [7, 11) is 1.77. The SMILES string of the molecule is CC(CC(O)c1ccc2c(c1)CN(C)C(=O)N2)C(C)(C)C. The molecule has 2 rings (SSSR count). The molecule has 2 N–H and O–H groups in total. The van der Waals surface area contributed by atoms with Crippen molar-refractivity contribution in [2.75, 3.05) is 12.4 Å². The summed E-state index contributed by atoms with van der Waals surface area (Å²) in [6.45, 7) is 9.34. The maximum Gasteiger partial charge on any atom is 0.321 e. The normalized spacial score (nSPS) is 18.0. The van der Waals surface area contributed by atoms with Crippen molar-refractivity contribution >= 4 is 11.7 Å². The highest BCUT2D eigenvalue weighted by atomic mass is 16.3. The van der Waals surface area contributed by atoms with Crippen LogP contribution in [0.2, 0.25) is 0 Å². The van der Waals surface area contributed by atoms with Gasteiger partial charge in [-0.1, -0.05) is 33.8 Å². The molecule has 1 heterocycles. The molecule has 4 nitrogen and oxygen atoms in total. The van der Waals surface area contributed by atoms with Gasteiger partial charge in [0.2, 0.25) is 0 Å². The van der Waals surface area contributed by atoms with Crippen LogP contribution < -0.4 is 5.32 Å². The zero-order chi connectivity index (χ0) is 15.8. The number of urea groups is 1. The summed E-state index contributed by atoms with van der Waals surface area (Å²) in [5, 5.41) is 13.3. The van der Waals surface area contributed by atoms with Crippen molar-refractivity contribution < 1.29 is 9.90 Å². The van der Waals surface area contributed by atoms with E-state index in [-0.39, 0.29) is 11.4 Å². The number of nitrogens with one attached hydrogen (secondary N) is 1. The molecule has 1 aliphatic rings. The number of rotatable bonds is 3. The highest BCUT2D eigenvalue weighted by Crippen LogP contribution is 2.34. The molecule has 1 aromatic carbocycles. The van der Waals surface area contributed by atoms with Crippen LogP contribution in [0.1, 0.15) is 51.3 Å². The molecule has 0 aromatic heterocycles. The lowest BCUT2D eigenvalue weighted by Gasteiger charge is -2.30. The smallest absolute Gasteiger partial charge is 0.321 e. The zero-order valence-corrected chi connectivity index (χ0v) is 13.6. The molecule has 0 bridgehead atoms. The minimum atomic E-state index is -0.465. The van der Waals surface area contributed by atoms with Gasteiger partial charge in [0.05, 0.1) is 6.10 Å². The number of anilines is 1. The topological polar surface area (TPSA) is 52.6 Å². The number of fused-ring (bicyclic) bond motifs is 1. The van der Waals surface area contributed by atoms with E-state index in [1.54, 1.807) is 11.9 Å². The molecule has 21 heavy (non-hydrogen) atoms. The molecule has 2 unspecified atom stereocenters. The minimum Gasteiger partial charge on any atom is -0.388 e. The lowest BCUT2D eigenvalue weighted by atomic mass is 9.78. The van der Waals surface area contributed by atoms with Crippen LogP contribution in [-0.2, 0) is 6.54 Å². The second kappa shape index (κ2) is 5.68. The monoisotopic (exact) mass is 290 g/mol. The number of aliphatic hydroxyl groups excluding tert-OH is 1. The largest absolute Gasteiger partial charge is 0.388 e. The molecule has 1 aromatic rings. The van der Waals surface area contributed by atoms with E-state index in [1.807, 2.05) is 18.2 Å². The molecule has 0 saturated carbocycles. The third-order valence-electron chi connectivity index (χ3n) is 4.57. The fourth-order valence-corrected chi connectivity index (χ4v) is 2.44. The first-order valence-electron chi connectivity index (χ1n) is 7.51. The number of benzene rings is 1. The summed E-state index contributed by atoms with van der Waals surface area (Å²) >= 11 is 0. The van der Waals surface area contributed by atoms with Crippen molar-refractivity contribution in [1.82, 2.24) is 4.90 Å². The fraction of sp³-hybridized carbons (Fsp3) is 0.588. The standard InChI is InChI=1S/C17H26N2O2/c1-11(17(2,3)4)8-15(20)12-6-7-14-13(9-12)10-19(5)16(21)18-14/h6-7,9,11,15,20H,8,10H2,1-5H3,(H,18,21). The lowest BCUT2D eigenvalue weighted by molar-refractivity contribution is 0.110. The van der Waals surface area contributed by atoms with Crippen LogP contribution in [0, 0.1) is 11.3 Å². The molecule has 4 heteroatoms. The van der Waals surface area contributed by atoms with Crippen molar-refractivity contribution in [3.63, 3.8) is 0 Å². The second-order valence-corrected chi connectivity index (χ2v) is 7.22. The first-order valence-corrected chi connectivity index (χ1v) is 7.51. The van der Waals surface area contributed by atoms with Crippen molar-refractivity contribution in [2.24, 2.45) is 11.3 Å². The molecule has 2 atom stereocenters. The zero-order valence-electron chi connectivity index (χ0n) is 13.6. The van der Waals surface area contributed by atoms with E-state index in [0.717, 1.165) is 23.2 Å². The van der Waals surface area contributed by atoms with Crippen molar-refractivity contribution in [2.45, 2.75) is 46.8 Å². The molecular formula is C17H26N2O2. The Kier molecular flexibility index (Phi) is 4.28. The van der Waals surface area contributed by atoms with E-state index in [0.29, 0.717) is 12.5 Å².